The van der Waals surface area contributed by atoms with Crippen molar-refractivity contribution >= 4 is 23.5 Å². The van der Waals surface area contributed by atoms with Crippen LogP contribution in [0.1, 0.15) is 58.8 Å². The zero-order chi connectivity index (χ0) is 18.9. The summed E-state index contributed by atoms with van der Waals surface area (Å²) in [6, 6.07) is 0. The van der Waals surface area contributed by atoms with Crippen molar-refractivity contribution in [2.24, 2.45) is 5.92 Å². The summed E-state index contributed by atoms with van der Waals surface area (Å²) in [6.07, 6.45) is 3.70. The molecule has 0 aromatic carbocycles. The predicted molar refractivity (Wildman–Crippen MR) is 97.8 cm³/mol. The van der Waals surface area contributed by atoms with Gasteiger partial charge in [0.05, 0.1) is 18.3 Å². The van der Waals surface area contributed by atoms with E-state index in [1.54, 1.807) is 6.92 Å². The molecule has 4 atom stereocenters. The molecule has 3 N–H and O–H groups in total. The lowest BCUT2D eigenvalue weighted by molar-refractivity contribution is -0.137. The van der Waals surface area contributed by atoms with E-state index in [-0.39, 0.29) is 36.4 Å². The fourth-order valence-corrected chi connectivity index (χ4v) is 4.58. The third kappa shape index (κ3) is 8.53. The van der Waals surface area contributed by atoms with Crippen molar-refractivity contribution in [2.75, 3.05) is 19.0 Å². The van der Waals surface area contributed by atoms with Crippen LogP contribution in [-0.4, -0.2) is 63.0 Å². The minimum atomic E-state index is -0.979. The lowest BCUT2D eigenvalue weighted by atomic mass is 9.98. The summed E-state index contributed by atoms with van der Waals surface area (Å²) in [7, 11) is 0. The molecule has 2 unspecified atom stereocenters. The smallest absolute Gasteiger partial charge is 0.303 e. The fourth-order valence-electron chi connectivity index (χ4n) is 3.11. The second-order valence-electron chi connectivity index (χ2n) is 7.10. The van der Waals surface area contributed by atoms with Gasteiger partial charge in [0, 0.05) is 36.4 Å². The summed E-state index contributed by atoms with van der Waals surface area (Å²) in [5.41, 5.74) is -0.979. The Morgan fingerprint density at radius 2 is 2.00 bits per heavy atom. The van der Waals surface area contributed by atoms with Crippen LogP contribution in [0.4, 0.5) is 0 Å². The molecule has 0 radical (unpaired) electrons. The minimum absolute atomic E-state index is 0.0972. The molecule has 0 saturated heterocycles. The number of carboxylic acid groups (broad SMARTS) is 1. The highest BCUT2D eigenvalue weighted by molar-refractivity contribution is 8.00. The standard InChI is InChI=1S/C18H32O6S/c1-3-24-11-18(2,23)12-25-17-13(14(19)10-15(17)20)8-6-4-5-7-9-16(21)22/h13,15,17,20,23H,3-12H2,1-2H3,(H,21,22)/t13-,15?,17+,18?/m0/s1. The molecule has 0 bridgehead atoms. The Balaban J connectivity index is 2.39. The molecular weight excluding hydrogens is 344 g/mol. The fraction of sp³-hybridized carbons (Fsp3) is 0.889. The van der Waals surface area contributed by atoms with Crippen LogP contribution in [0.15, 0.2) is 0 Å². The zero-order valence-electron chi connectivity index (χ0n) is 15.3. The molecule has 25 heavy (non-hydrogen) atoms. The van der Waals surface area contributed by atoms with Crippen molar-refractivity contribution in [1.82, 2.24) is 0 Å². The third-order valence-corrected chi connectivity index (χ3v) is 6.28. The number of ketones is 1. The van der Waals surface area contributed by atoms with Crippen LogP contribution in [0.25, 0.3) is 0 Å². The molecule has 0 aromatic rings. The minimum Gasteiger partial charge on any atom is -0.481 e. The van der Waals surface area contributed by atoms with E-state index < -0.39 is 17.7 Å². The van der Waals surface area contributed by atoms with Gasteiger partial charge in [0.1, 0.15) is 5.78 Å². The number of thioether (sulfide) groups is 1. The van der Waals surface area contributed by atoms with Crippen LogP contribution >= 0.6 is 11.8 Å². The van der Waals surface area contributed by atoms with Crippen LogP contribution in [-0.2, 0) is 14.3 Å². The maximum atomic E-state index is 12.2. The lowest BCUT2D eigenvalue weighted by Crippen LogP contribution is -2.36. The van der Waals surface area contributed by atoms with Gasteiger partial charge in [-0.2, -0.15) is 11.8 Å². The van der Waals surface area contributed by atoms with Crippen molar-refractivity contribution in [3.05, 3.63) is 0 Å². The number of hydrogen-bond acceptors (Lipinski definition) is 6. The molecule has 0 spiro atoms. The molecule has 1 aliphatic carbocycles. The molecule has 1 aliphatic rings. The van der Waals surface area contributed by atoms with Gasteiger partial charge < -0.3 is 20.1 Å². The first-order chi connectivity index (χ1) is 11.8. The number of carboxylic acids is 1. The SMILES string of the molecule is CCOCC(C)(O)CS[C@H]1C(O)CC(=O)[C@@H]1CCCCCCC(=O)O. The first-order valence-corrected chi connectivity index (χ1v) is 10.2. The normalized spacial score (nSPS) is 25.9. The highest BCUT2D eigenvalue weighted by Crippen LogP contribution is 2.37. The first kappa shape index (κ1) is 22.4. The maximum absolute atomic E-state index is 12.2. The Bertz CT molecular complexity index is 426. The number of unbranched alkanes of at least 4 members (excludes halogenated alkanes) is 3. The van der Waals surface area contributed by atoms with Crippen molar-refractivity contribution in [3.63, 3.8) is 0 Å². The number of aliphatic hydroxyl groups is 2. The monoisotopic (exact) mass is 376 g/mol. The molecule has 0 aromatic heterocycles. The molecule has 0 aliphatic heterocycles. The van der Waals surface area contributed by atoms with Crippen molar-refractivity contribution in [2.45, 2.75) is 75.7 Å². The van der Waals surface area contributed by atoms with Gasteiger partial charge in [-0.1, -0.05) is 19.3 Å². The Hall–Kier alpha value is -0.630. The highest BCUT2D eigenvalue weighted by Gasteiger charge is 2.42. The summed E-state index contributed by atoms with van der Waals surface area (Å²) in [4.78, 5) is 22.6. The van der Waals surface area contributed by atoms with Crippen LogP contribution in [0.3, 0.4) is 0 Å². The first-order valence-electron chi connectivity index (χ1n) is 9.11. The van der Waals surface area contributed by atoms with Crippen LogP contribution in [0.5, 0.6) is 0 Å². The summed E-state index contributed by atoms with van der Waals surface area (Å²) < 4.78 is 5.27. The average Bonchev–Trinajstić information content (AvgIpc) is 2.80. The van der Waals surface area contributed by atoms with Gasteiger partial charge in [-0.25, -0.2) is 0 Å². The highest BCUT2D eigenvalue weighted by atomic mass is 32.2. The topological polar surface area (TPSA) is 104 Å². The van der Waals surface area contributed by atoms with Gasteiger partial charge in [0.15, 0.2) is 0 Å². The van der Waals surface area contributed by atoms with Gasteiger partial charge in [-0.15, -0.1) is 0 Å². The molecule has 1 fully saturated rings. The molecule has 1 rings (SSSR count). The van der Waals surface area contributed by atoms with E-state index in [4.69, 9.17) is 9.84 Å². The molecular formula is C18H32O6S. The molecule has 0 amide bonds. The second kappa shape index (κ2) is 11.2. The van der Waals surface area contributed by atoms with Crippen molar-refractivity contribution < 1.29 is 29.6 Å². The molecule has 6 nitrogen and oxygen atoms in total. The van der Waals surface area contributed by atoms with Crippen molar-refractivity contribution in [3.8, 4) is 0 Å². The van der Waals surface area contributed by atoms with Crippen molar-refractivity contribution in [1.29, 1.82) is 0 Å². The van der Waals surface area contributed by atoms with E-state index in [0.29, 0.717) is 25.2 Å². The van der Waals surface area contributed by atoms with Crippen LogP contribution in [0, 0.1) is 5.92 Å². The molecule has 0 heterocycles. The number of carbonyl (C=O) groups is 2. The number of carbonyl (C=O) groups excluding carboxylic acids is 1. The Morgan fingerprint density at radius 3 is 2.64 bits per heavy atom. The van der Waals surface area contributed by atoms with E-state index in [1.807, 2.05) is 6.92 Å². The second-order valence-corrected chi connectivity index (χ2v) is 8.27. The summed E-state index contributed by atoms with van der Waals surface area (Å²) in [5.74, 6) is -0.441. The molecule has 7 heteroatoms. The molecule has 146 valence electrons. The quantitative estimate of drug-likeness (QED) is 0.424. The average molecular weight is 377 g/mol. The van der Waals surface area contributed by atoms with Gasteiger partial charge in [-0.05, 0) is 26.7 Å². The number of aliphatic carboxylic acids is 1. The van der Waals surface area contributed by atoms with E-state index in [1.165, 1.54) is 11.8 Å². The Morgan fingerprint density at radius 1 is 1.32 bits per heavy atom. The summed E-state index contributed by atoms with van der Waals surface area (Å²) >= 11 is 1.46. The number of rotatable bonds is 13. The zero-order valence-corrected chi connectivity index (χ0v) is 16.1. The maximum Gasteiger partial charge on any atom is 0.303 e. The number of ether oxygens (including phenoxy) is 1. The largest absolute Gasteiger partial charge is 0.481 e. The van der Waals surface area contributed by atoms with Gasteiger partial charge in [0.25, 0.3) is 0 Å². The summed E-state index contributed by atoms with van der Waals surface area (Å²) in [6.45, 7) is 4.35. The number of Topliss-reactive ketones (excluding diaryl/α,β-unsaturated/α-hetero) is 1. The van der Waals surface area contributed by atoms with E-state index in [2.05, 4.69) is 0 Å². The van der Waals surface area contributed by atoms with Crippen LogP contribution < -0.4 is 0 Å². The van der Waals surface area contributed by atoms with Gasteiger partial charge in [0.2, 0.25) is 0 Å². The summed E-state index contributed by atoms with van der Waals surface area (Å²) in [5, 5.41) is 28.9. The molecule has 1 saturated carbocycles. The van der Waals surface area contributed by atoms with Crippen LogP contribution in [0.2, 0.25) is 0 Å². The number of aliphatic hydroxyl groups excluding tert-OH is 1. The van der Waals surface area contributed by atoms with Gasteiger partial charge in [-0.3, -0.25) is 9.59 Å². The van der Waals surface area contributed by atoms with Gasteiger partial charge >= 0.3 is 5.97 Å². The third-order valence-electron chi connectivity index (χ3n) is 4.46. The predicted octanol–water partition coefficient (Wildman–Crippen LogP) is 2.25. The Kier molecular flexibility index (Phi) is 10.0. The van der Waals surface area contributed by atoms with E-state index in [9.17, 15) is 19.8 Å². The lowest BCUT2D eigenvalue weighted by Gasteiger charge is -2.27. The van der Waals surface area contributed by atoms with E-state index in [0.717, 1.165) is 19.3 Å². The number of hydrogen-bond donors (Lipinski definition) is 3. The van der Waals surface area contributed by atoms with E-state index >= 15 is 0 Å². The Labute approximate surface area is 154 Å².